The van der Waals surface area contributed by atoms with Gasteiger partial charge in [0.15, 0.2) is 0 Å². The molecule has 1 aliphatic carbocycles. The molecule has 1 fully saturated rings. The fourth-order valence-electron chi connectivity index (χ4n) is 3.47. The summed E-state index contributed by atoms with van der Waals surface area (Å²) in [6.07, 6.45) is 4.11. The molecule has 0 spiro atoms. The number of aliphatic hydroxyl groups excluding tert-OH is 1. The molecule has 0 aromatic heterocycles. The van der Waals surface area contributed by atoms with Crippen molar-refractivity contribution in [2.45, 2.75) is 45.6 Å². The maximum atomic E-state index is 10.8. The number of aliphatic hydroxyl groups is 1. The number of nitrogens with two attached hydrogens (primary N) is 1. The van der Waals surface area contributed by atoms with Crippen LogP contribution in [0.4, 0.5) is 0 Å². The molecular formula is C16H25NO. The summed E-state index contributed by atoms with van der Waals surface area (Å²) in [7, 11) is 0. The maximum absolute atomic E-state index is 10.8. The van der Waals surface area contributed by atoms with Crippen molar-refractivity contribution >= 4 is 0 Å². The minimum Gasteiger partial charge on any atom is -0.388 e. The molecule has 2 nitrogen and oxygen atoms in total. The molecule has 3 atom stereocenters. The number of hydrogen-bond acceptors (Lipinski definition) is 2. The van der Waals surface area contributed by atoms with Gasteiger partial charge in [-0.2, -0.15) is 0 Å². The number of aryl methyl sites for hydroxylation is 1. The van der Waals surface area contributed by atoms with Crippen molar-refractivity contribution in [1.29, 1.82) is 0 Å². The van der Waals surface area contributed by atoms with E-state index in [1.807, 2.05) is 18.2 Å². The van der Waals surface area contributed by atoms with Crippen LogP contribution in [0.1, 0.15) is 49.8 Å². The van der Waals surface area contributed by atoms with Gasteiger partial charge in [-0.3, -0.25) is 0 Å². The first kappa shape index (κ1) is 13.6. The highest BCUT2D eigenvalue weighted by Crippen LogP contribution is 2.47. The lowest BCUT2D eigenvalue weighted by molar-refractivity contribution is -0.0134. The quantitative estimate of drug-likeness (QED) is 0.861. The first-order valence-electron chi connectivity index (χ1n) is 7.03. The Kier molecular flexibility index (Phi) is 4.08. The summed E-state index contributed by atoms with van der Waals surface area (Å²) < 4.78 is 0. The third kappa shape index (κ3) is 2.45. The number of hydrogen-bond donors (Lipinski definition) is 2. The van der Waals surface area contributed by atoms with Crippen LogP contribution >= 0.6 is 0 Å². The average Bonchev–Trinajstić information content (AvgIpc) is 2.38. The zero-order valence-electron chi connectivity index (χ0n) is 11.5. The van der Waals surface area contributed by atoms with Crippen molar-refractivity contribution in [3.63, 3.8) is 0 Å². The third-order valence-electron chi connectivity index (χ3n) is 4.60. The van der Waals surface area contributed by atoms with Gasteiger partial charge in [0.1, 0.15) is 0 Å². The number of rotatable bonds is 3. The highest BCUT2D eigenvalue weighted by atomic mass is 16.3. The van der Waals surface area contributed by atoms with Gasteiger partial charge >= 0.3 is 0 Å². The topological polar surface area (TPSA) is 46.2 Å². The Hall–Kier alpha value is -0.860. The van der Waals surface area contributed by atoms with Crippen molar-refractivity contribution in [3.8, 4) is 0 Å². The monoisotopic (exact) mass is 247 g/mol. The molecule has 2 heteroatoms. The van der Waals surface area contributed by atoms with Gasteiger partial charge in [0.25, 0.3) is 0 Å². The Morgan fingerprint density at radius 2 is 2.17 bits per heavy atom. The Morgan fingerprint density at radius 1 is 1.44 bits per heavy atom. The molecule has 1 aromatic rings. The summed E-state index contributed by atoms with van der Waals surface area (Å²) in [4.78, 5) is 0. The predicted octanol–water partition coefficient (Wildman–Crippen LogP) is 3.18. The van der Waals surface area contributed by atoms with Crippen molar-refractivity contribution < 1.29 is 5.11 Å². The van der Waals surface area contributed by atoms with Gasteiger partial charge in [-0.15, -0.1) is 0 Å². The van der Waals surface area contributed by atoms with Gasteiger partial charge in [0.05, 0.1) is 6.10 Å². The molecule has 18 heavy (non-hydrogen) atoms. The lowest BCUT2D eigenvalue weighted by atomic mass is 9.65. The molecule has 0 bridgehead atoms. The molecule has 3 unspecified atom stereocenters. The molecule has 1 aliphatic rings. The van der Waals surface area contributed by atoms with Gasteiger partial charge in [0.2, 0.25) is 0 Å². The van der Waals surface area contributed by atoms with Crippen LogP contribution < -0.4 is 5.73 Å². The molecule has 100 valence electrons. The van der Waals surface area contributed by atoms with E-state index in [0.29, 0.717) is 12.5 Å². The lowest BCUT2D eigenvalue weighted by Crippen LogP contribution is -2.40. The van der Waals surface area contributed by atoms with Crippen LogP contribution in [0.15, 0.2) is 24.3 Å². The summed E-state index contributed by atoms with van der Waals surface area (Å²) >= 11 is 0. The van der Waals surface area contributed by atoms with Gasteiger partial charge in [0, 0.05) is 12.0 Å². The van der Waals surface area contributed by atoms with Crippen molar-refractivity contribution in [2.75, 3.05) is 6.54 Å². The molecule has 0 heterocycles. The van der Waals surface area contributed by atoms with Crippen LogP contribution in [0.2, 0.25) is 0 Å². The highest BCUT2D eigenvalue weighted by molar-refractivity contribution is 5.29. The maximum Gasteiger partial charge on any atom is 0.0860 e. The van der Waals surface area contributed by atoms with E-state index in [0.717, 1.165) is 24.0 Å². The van der Waals surface area contributed by atoms with Crippen LogP contribution in [0.5, 0.6) is 0 Å². The van der Waals surface area contributed by atoms with Crippen LogP contribution in [-0.4, -0.2) is 11.7 Å². The molecule has 3 N–H and O–H groups in total. The van der Waals surface area contributed by atoms with Crippen LogP contribution in [0.25, 0.3) is 0 Å². The van der Waals surface area contributed by atoms with E-state index in [2.05, 4.69) is 19.9 Å². The molecule has 0 saturated heterocycles. The van der Waals surface area contributed by atoms with Gasteiger partial charge in [-0.1, -0.05) is 44.0 Å². The fourth-order valence-corrected chi connectivity index (χ4v) is 3.47. The summed E-state index contributed by atoms with van der Waals surface area (Å²) in [5.41, 5.74) is 8.12. The second kappa shape index (κ2) is 5.41. The summed E-state index contributed by atoms with van der Waals surface area (Å²) in [6, 6.07) is 8.12. The molecule has 0 aliphatic heterocycles. The standard InChI is InChI=1S/C16H25NO/c1-12-6-5-9-16(10-12,11-17)15(18)14-8-4-3-7-13(14)2/h3-4,7-8,12,15,18H,5-6,9-11,17H2,1-2H3. The summed E-state index contributed by atoms with van der Waals surface area (Å²) in [6.45, 7) is 4.91. The minimum atomic E-state index is -0.425. The smallest absolute Gasteiger partial charge is 0.0860 e. The molecule has 2 rings (SSSR count). The van der Waals surface area contributed by atoms with E-state index in [-0.39, 0.29) is 5.41 Å². The third-order valence-corrected chi connectivity index (χ3v) is 4.60. The van der Waals surface area contributed by atoms with Gasteiger partial charge < -0.3 is 10.8 Å². The lowest BCUT2D eigenvalue weighted by Gasteiger charge is -2.43. The SMILES string of the molecule is Cc1ccccc1C(O)C1(CN)CCCC(C)C1. The van der Waals surface area contributed by atoms with Crippen LogP contribution in [0.3, 0.4) is 0 Å². The average molecular weight is 247 g/mol. The predicted molar refractivity (Wildman–Crippen MR) is 75.3 cm³/mol. The van der Waals surface area contributed by atoms with Crippen molar-refractivity contribution in [2.24, 2.45) is 17.1 Å². The van der Waals surface area contributed by atoms with E-state index < -0.39 is 6.10 Å². The van der Waals surface area contributed by atoms with Gasteiger partial charge in [-0.25, -0.2) is 0 Å². The van der Waals surface area contributed by atoms with E-state index in [1.165, 1.54) is 12.8 Å². The number of benzene rings is 1. The fraction of sp³-hybridized carbons (Fsp3) is 0.625. The van der Waals surface area contributed by atoms with Gasteiger partial charge in [-0.05, 0) is 36.8 Å². The summed E-state index contributed by atoms with van der Waals surface area (Å²) in [5.74, 6) is 0.668. The molecule has 0 radical (unpaired) electrons. The molecule has 1 saturated carbocycles. The first-order valence-corrected chi connectivity index (χ1v) is 7.03. The Labute approximate surface area is 110 Å². The first-order chi connectivity index (χ1) is 8.59. The summed E-state index contributed by atoms with van der Waals surface area (Å²) in [5, 5.41) is 10.8. The van der Waals surface area contributed by atoms with Crippen molar-refractivity contribution in [3.05, 3.63) is 35.4 Å². The van der Waals surface area contributed by atoms with E-state index >= 15 is 0 Å². The molecule has 1 aromatic carbocycles. The largest absolute Gasteiger partial charge is 0.388 e. The molecular weight excluding hydrogens is 222 g/mol. The minimum absolute atomic E-state index is 0.121. The molecule has 0 amide bonds. The van der Waals surface area contributed by atoms with Crippen LogP contribution in [-0.2, 0) is 0 Å². The van der Waals surface area contributed by atoms with E-state index in [9.17, 15) is 5.11 Å². The Balaban J connectivity index is 2.30. The Morgan fingerprint density at radius 3 is 2.78 bits per heavy atom. The van der Waals surface area contributed by atoms with Crippen LogP contribution in [0, 0.1) is 18.3 Å². The highest BCUT2D eigenvalue weighted by Gasteiger charge is 2.41. The zero-order valence-corrected chi connectivity index (χ0v) is 11.5. The van der Waals surface area contributed by atoms with E-state index in [4.69, 9.17) is 5.73 Å². The second-order valence-corrected chi connectivity index (χ2v) is 6.03. The van der Waals surface area contributed by atoms with Crippen molar-refractivity contribution in [1.82, 2.24) is 0 Å². The van der Waals surface area contributed by atoms with E-state index in [1.54, 1.807) is 0 Å². The zero-order chi connectivity index (χ0) is 13.2. The second-order valence-electron chi connectivity index (χ2n) is 6.03. The Bertz CT molecular complexity index is 404. The normalized spacial score (nSPS) is 30.1.